The smallest absolute Gasteiger partial charge is 0.0445 e. The Balaban J connectivity index is -0.000000605. The molecule has 0 aromatic carbocycles. The number of hydrogen-bond donors (Lipinski definition) is 1. The zero-order chi connectivity index (χ0) is 9.40. The Labute approximate surface area is 86.6 Å². The molecule has 0 aromatic rings. The van der Waals surface area contributed by atoms with Crippen molar-refractivity contribution in [2.24, 2.45) is 5.92 Å². The molecule has 0 amide bonds. The number of carboxylic acids is 1. The summed E-state index contributed by atoms with van der Waals surface area (Å²) >= 11 is 0. The van der Waals surface area contributed by atoms with Gasteiger partial charge in [-0.1, -0.05) is 39.5 Å². The minimum absolute atomic E-state index is 0. The van der Waals surface area contributed by atoms with Crippen LogP contribution in [-0.2, 0) is 4.79 Å². The molecule has 0 bridgehead atoms. The average molecular weight is 207 g/mol. The predicted molar refractivity (Wildman–Crippen MR) is 57.1 cm³/mol. The van der Waals surface area contributed by atoms with Gasteiger partial charge < -0.3 is 21.5 Å². The first-order valence-corrected chi connectivity index (χ1v) is 4.93. The summed E-state index contributed by atoms with van der Waals surface area (Å²) in [6.45, 7) is 4.15. The molecule has 0 heterocycles. The molecular formula is C10H25NO3. The van der Waals surface area contributed by atoms with Gasteiger partial charge in [0.1, 0.15) is 0 Å². The van der Waals surface area contributed by atoms with Gasteiger partial charge in [-0.3, -0.25) is 0 Å². The highest BCUT2D eigenvalue weighted by Gasteiger charge is 2.07. The molecule has 88 valence electrons. The molecule has 0 aliphatic heterocycles. The lowest BCUT2D eigenvalue weighted by atomic mass is 9.96. The van der Waals surface area contributed by atoms with E-state index < -0.39 is 5.97 Å². The number of carboxylic acid groups (broad SMARTS) is 1. The van der Waals surface area contributed by atoms with Crippen molar-refractivity contribution in [1.82, 2.24) is 6.15 Å². The van der Waals surface area contributed by atoms with Crippen molar-refractivity contribution in [3.8, 4) is 0 Å². The topological polar surface area (TPSA) is 108 Å². The third-order valence-electron chi connectivity index (χ3n) is 2.15. The first-order valence-electron chi connectivity index (χ1n) is 4.93. The second-order valence-corrected chi connectivity index (χ2v) is 3.30. The van der Waals surface area contributed by atoms with Crippen LogP contribution in [0.3, 0.4) is 0 Å². The number of rotatable bonds is 7. The first-order chi connectivity index (χ1) is 5.72. The van der Waals surface area contributed by atoms with E-state index in [0.29, 0.717) is 0 Å². The van der Waals surface area contributed by atoms with Crippen LogP contribution in [-0.4, -0.2) is 11.4 Å². The highest BCUT2D eigenvalue weighted by atomic mass is 16.4. The number of carbonyl (C=O) groups excluding carboxylic acids is 1. The van der Waals surface area contributed by atoms with Gasteiger partial charge in [-0.25, -0.2) is 0 Å². The van der Waals surface area contributed by atoms with Crippen molar-refractivity contribution >= 4 is 5.97 Å². The molecule has 14 heavy (non-hydrogen) atoms. The van der Waals surface area contributed by atoms with Gasteiger partial charge in [0.2, 0.25) is 0 Å². The lowest BCUT2D eigenvalue weighted by Gasteiger charge is -2.16. The van der Waals surface area contributed by atoms with Crippen molar-refractivity contribution in [2.75, 3.05) is 0 Å². The minimum Gasteiger partial charge on any atom is -0.550 e. The van der Waals surface area contributed by atoms with E-state index in [4.69, 9.17) is 0 Å². The number of quaternary nitrogens is 1. The lowest BCUT2D eigenvalue weighted by molar-refractivity contribution is -0.312. The largest absolute Gasteiger partial charge is 0.550 e. The fraction of sp³-hybridized carbons (Fsp3) is 0.900. The van der Waals surface area contributed by atoms with E-state index in [-0.39, 0.29) is 17.5 Å². The molecule has 0 radical (unpaired) electrons. The maximum absolute atomic E-state index is 10.6. The predicted octanol–water partition coefficient (Wildman–Crippen LogP) is 1.28. The van der Waals surface area contributed by atoms with Gasteiger partial charge >= 0.3 is 0 Å². The Morgan fingerprint density at radius 2 is 1.50 bits per heavy atom. The Morgan fingerprint density at radius 3 is 1.71 bits per heavy atom. The summed E-state index contributed by atoms with van der Waals surface area (Å²) in [4.78, 5) is 10.6. The standard InChI is InChI=1S/C10H20O2.H3N.H2O/c1-3-5-7-9(10(11)12)8-6-4-2;;/h9H,3-8H2,1-2H3,(H,11,12);1H3;1H2. The van der Waals surface area contributed by atoms with Gasteiger partial charge in [-0.15, -0.1) is 0 Å². The number of aliphatic carboxylic acids is 1. The molecule has 0 saturated carbocycles. The van der Waals surface area contributed by atoms with E-state index in [2.05, 4.69) is 13.8 Å². The molecule has 0 aromatic heterocycles. The molecule has 0 aliphatic carbocycles. The molecule has 0 rings (SSSR count). The van der Waals surface area contributed by atoms with Crippen molar-refractivity contribution in [1.29, 1.82) is 0 Å². The summed E-state index contributed by atoms with van der Waals surface area (Å²) in [5.74, 6) is -1.07. The van der Waals surface area contributed by atoms with Crippen molar-refractivity contribution in [2.45, 2.75) is 52.4 Å². The molecule has 6 N–H and O–H groups in total. The number of hydrogen-bond acceptors (Lipinski definition) is 2. The van der Waals surface area contributed by atoms with Gasteiger partial charge in [0.25, 0.3) is 0 Å². The second-order valence-electron chi connectivity index (χ2n) is 3.30. The van der Waals surface area contributed by atoms with Gasteiger partial charge in [0.05, 0.1) is 0 Å². The van der Waals surface area contributed by atoms with Crippen LogP contribution in [0.25, 0.3) is 0 Å². The Bertz CT molecular complexity index is 121. The SMILES string of the molecule is CCCCC(CCCC)C(=O)[O-].O.[NH4+]. The zero-order valence-corrected chi connectivity index (χ0v) is 9.64. The average Bonchev–Trinajstić information content (AvgIpc) is 2.04. The molecule has 0 spiro atoms. The third kappa shape index (κ3) is 9.48. The summed E-state index contributed by atoms with van der Waals surface area (Å²) in [6, 6.07) is 0. The normalized spacial score (nSPS) is 9.07. The van der Waals surface area contributed by atoms with Gasteiger partial charge in [0, 0.05) is 5.97 Å². The van der Waals surface area contributed by atoms with Gasteiger partial charge in [-0.2, -0.15) is 0 Å². The number of carbonyl (C=O) groups is 1. The van der Waals surface area contributed by atoms with Crippen molar-refractivity contribution < 1.29 is 15.4 Å². The van der Waals surface area contributed by atoms with Crippen LogP contribution in [0.5, 0.6) is 0 Å². The van der Waals surface area contributed by atoms with Crippen LogP contribution in [0.1, 0.15) is 52.4 Å². The maximum atomic E-state index is 10.6. The van der Waals surface area contributed by atoms with Gasteiger partial charge in [-0.05, 0) is 18.8 Å². The van der Waals surface area contributed by atoms with Crippen LogP contribution in [0.15, 0.2) is 0 Å². The quantitative estimate of drug-likeness (QED) is 0.678. The van der Waals surface area contributed by atoms with E-state index in [1.54, 1.807) is 0 Å². The maximum Gasteiger partial charge on any atom is 0.0445 e. The Kier molecular flexibility index (Phi) is 16.9. The van der Waals surface area contributed by atoms with Crippen LogP contribution in [0, 0.1) is 5.92 Å². The molecule has 4 nitrogen and oxygen atoms in total. The Hall–Kier alpha value is -0.610. The molecule has 0 fully saturated rings. The highest BCUT2D eigenvalue weighted by Crippen LogP contribution is 2.14. The first kappa shape index (κ1) is 19.0. The van der Waals surface area contributed by atoms with E-state index in [0.717, 1.165) is 38.5 Å². The van der Waals surface area contributed by atoms with Crippen LogP contribution < -0.4 is 11.3 Å². The summed E-state index contributed by atoms with van der Waals surface area (Å²) in [5.41, 5.74) is 0. The summed E-state index contributed by atoms with van der Waals surface area (Å²) < 4.78 is 0. The monoisotopic (exact) mass is 207 g/mol. The molecule has 0 aliphatic rings. The molecule has 0 saturated heterocycles. The van der Waals surface area contributed by atoms with E-state index >= 15 is 0 Å². The molecular weight excluding hydrogens is 182 g/mol. The highest BCUT2D eigenvalue weighted by molar-refractivity contribution is 5.67. The second kappa shape index (κ2) is 12.4. The van der Waals surface area contributed by atoms with E-state index in [9.17, 15) is 9.90 Å². The summed E-state index contributed by atoms with van der Waals surface area (Å²) in [5, 5.41) is 10.6. The van der Waals surface area contributed by atoms with E-state index in [1.165, 1.54) is 0 Å². The zero-order valence-electron chi connectivity index (χ0n) is 9.64. The Morgan fingerprint density at radius 1 is 1.14 bits per heavy atom. The van der Waals surface area contributed by atoms with Crippen LogP contribution in [0.4, 0.5) is 0 Å². The van der Waals surface area contributed by atoms with Crippen molar-refractivity contribution in [3.63, 3.8) is 0 Å². The summed E-state index contributed by atoms with van der Waals surface area (Å²) in [6.07, 6.45) is 5.72. The van der Waals surface area contributed by atoms with Gasteiger partial charge in [0.15, 0.2) is 0 Å². The lowest BCUT2D eigenvalue weighted by Crippen LogP contribution is -2.31. The van der Waals surface area contributed by atoms with Crippen LogP contribution in [0.2, 0.25) is 0 Å². The number of unbranched alkanes of at least 4 members (excludes halogenated alkanes) is 2. The van der Waals surface area contributed by atoms with Crippen molar-refractivity contribution in [3.05, 3.63) is 0 Å². The summed E-state index contributed by atoms with van der Waals surface area (Å²) in [7, 11) is 0. The van der Waals surface area contributed by atoms with Crippen LogP contribution >= 0.6 is 0 Å². The molecule has 4 heteroatoms. The molecule has 0 atom stereocenters. The third-order valence-corrected chi connectivity index (χ3v) is 2.15. The molecule has 0 unspecified atom stereocenters. The minimum atomic E-state index is -0.864. The van der Waals surface area contributed by atoms with E-state index in [1.807, 2.05) is 0 Å². The fourth-order valence-corrected chi connectivity index (χ4v) is 1.28. The fourth-order valence-electron chi connectivity index (χ4n) is 1.28.